The Morgan fingerprint density at radius 2 is 2.15 bits per heavy atom. The summed E-state index contributed by atoms with van der Waals surface area (Å²) in [5.41, 5.74) is 3.06. The maximum atomic E-state index is 11.4. The lowest BCUT2D eigenvalue weighted by atomic mass is 10.3. The molecule has 0 aliphatic rings. The van der Waals surface area contributed by atoms with Crippen molar-refractivity contribution in [2.75, 3.05) is 6.61 Å². The van der Waals surface area contributed by atoms with Crippen molar-refractivity contribution < 1.29 is 9.53 Å². The monoisotopic (exact) mass is 274 g/mol. The van der Waals surface area contributed by atoms with E-state index in [0.717, 1.165) is 0 Å². The van der Waals surface area contributed by atoms with Crippen molar-refractivity contribution in [3.8, 4) is 5.75 Å². The Morgan fingerprint density at radius 1 is 1.40 bits per heavy atom. The minimum atomic E-state index is -0.324. The molecule has 2 rings (SSSR count). The third kappa shape index (κ3) is 5.81. The molecule has 2 aromatic rings. The van der Waals surface area contributed by atoms with Crippen LogP contribution in [0.4, 0.5) is 0 Å². The fourth-order valence-corrected chi connectivity index (χ4v) is 1.21. The van der Waals surface area contributed by atoms with Crippen molar-refractivity contribution in [2.45, 2.75) is 13.8 Å². The van der Waals surface area contributed by atoms with Crippen molar-refractivity contribution in [1.82, 2.24) is 15.4 Å². The van der Waals surface area contributed by atoms with Gasteiger partial charge < -0.3 is 9.72 Å². The topological polar surface area (TPSA) is 79.4 Å². The Hall–Kier alpha value is -2.63. The fourth-order valence-electron chi connectivity index (χ4n) is 1.21. The highest BCUT2D eigenvalue weighted by atomic mass is 16.5. The fraction of sp³-hybridized carbons (Fsp3) is 0.214. The molecule has 0 fully saturated rings. The number of benzene rings is 1. The molecule has 6 heteroatoms. The van der Waals surface area contributed by atoms with Gasteiger partial charge in [-0.25, -0.2) is 10.4 Å². The lowest BCUT2D eigenvalue weighted by Gasteiger charge is -2.03. The Bertz CT molecular complexity index is 509. The van der Waals surface area contributed by atoms with Gasteiger partial charge in [0.15, 0.2) is 6.61 Å². The van der Waals surface area contributed by atoms with Crippen LogP contribution in [0.3, 0.4) is 0 Å². The van der Waals surface area contributed by atoms with E-state index >= 15 is 0 Å². The number of carbonyl (C=O) groups is 1. The van der Waals surface area contributed by atoms with Gasteiger partial charge in [-0.15, -0.1) is 0 Å². The summed E-state index contributed by atoms with van der Waals surface area (Å²) in [4.78, 5) is 18.0. The maximum absolute atomic E-state index is 11.4. The first-order valence-electron chi connectivity index (χ1n) is 6.33. The van der Waals surface area contributed by atoms with Crippen molar-refractivity contribution in [2.24, 2.45) is 5.10 Å². The van der Waals surface area contributed by atoms with Crippen LogP contribution >= 0.6 is 0 Å². The van der Waals surface area contributed by atoms with Crippen molar-refractivity contribution in [1.29, 1.82) is 0 Å². The summed E-state index contributed by atoms with van der Waals surface area (Å²) in [7, 11) is 0. The second kappa shape index (κ2) is 9.32. The smallest absolute Gasteiger partial charge is 0.277 e. The van der Waals surface area contributed by atoms with Crippen molar-refractivity contribution >= 4 is 12.1 Å². The number of H-pyrrole nitrogens is 1. The average molecular weight is 274 g/mol. The maximum Gasteiger partial charge on any atom is 0.277 e. The van der Waals surface area contributed by atoms with E-state index < -0.39 is 0 Å². The predicted molar refractivity (Wildman–Crippen MR) is 77.6 cm³/mol. The standard InChI is InChI=1S/C12H12N4O2.C2H6/c17-12(8-18-11-4-2-1-3-5-11)16-15-7-10-6-13-9-14-10;1-2/h1-7,9H,8H2,(H,13,14)(H,16,17);1-2H3/b15-7+;. The van der Waals surface area contributed by atoms with Crippen molar-refractivity contribution in [3.63, 3.8) is 0 Å². The van der Waals surface area contributed by atoms with Gasteiger partial charge in [-0.3, -0.25) is 4.79 Å². The highest BCUT2D eigenvalue weighted by molar-refractivity contribution is 5.81. The third-order valence-electron chi connectivity index (χ3n) is 2.03. The number of carbonyl (C=O) groups excluding carboxylic acids is 1. The van der Waals surface area contributed by atoms with E-state index in [0.29, 0.717) is 11.4 Å². The SMILES string of the molecule is CC.O=C(COc1ccccc1)N/N=C/c1cnc[nH]1. The number of hydrogen-bond acceptors (Lipinski definition) is 4. The van der Waals surface area contributed by atoms with Gasteiger partial charge in [0.25, 0.3) is 5.91 Å². The summed E-state index contributed by atoms with van der Waals surface area (Å²) in [5, 5.41) is 3.75. The van der Waals surface area contributed by atoms with E-state index in [1.807, 2.05) is 32.0 Å². The molecule has 0 unspecified atom stereocenters. The number of rotatable bonds is 5. The number of hydrogen-bond donors (Lipinski definition) is 2. The number of imidazole rings is 1. The molecule has 0 bridgehead atoms. The summed E-state index contributed by atoms with van der Waals surface area (Å²) < 4.78 is 5.25. The van der Waals surface area contributed by atoms with Crippen LogP contribution in [-0.2, 0) is 4.79 Å². The molecule has 0 aliphatic carbocycles. The summed E-state index contributed by atoms with van der Waals surface area (Å²) in [5.74, 6) is 0.319. The highest BCUT2D eigenvalue weighted by Gasteiger charge is 2.00. The number of nitrogens with zero attached hydrogens (tertiary/aromatic N) is 2. The largest absolute Gasteiger partial charge is 0.484 e. The molecule has 0 saturated carbocycles. The molecule has 1 heterocycles. The lowest BCUT2D eigenvalue weighted by molar-refractivity contribution is -0.123. The van der Waals surface area contributed by atoms with Gasteiger partial charge in [-0.1, -0.05) is 32.0 Å². The molecule has 1 amide bonds. The first-order valence-corrected chi connectivity index (χ1v) is 6.33. The van der Waals surface area contributed by atoms with Gasteiger partial charge in [0.2, 0.25) is 0 Å². The van der Waals surface area contributed by atoms with Crippen LogP contribution in [0.5, 0.6) is 5.75 Å². The van der Waals surface area contributed by atoms with E-state index in [2.05, 4.69) is 20.5 Å². The van der Waals surface area contributed by atoms with E-state index in [4.69, 9.17) is 4.74 Å². The summed E-state index contributed by atoms with van der Waals surface area (Å²) in [6.45, 7) is 3.92. The molecule has 0 saturated heterocycles. The predicted octanol–water partition coefficient (Wildman–Crippen LogP) is 1.96. The number of nitrogens with one attached hydrogen (secondary N) is 2. The summed E-state index contributed by atoms with van der Waals surface area (Å²) in [6.07, 6.45) is 4.59. The number of para-hydroxylation sites is 1. The molecule has 2 N–H and O–H groups in total. The molecule has 0 aliphatic heterocycles. The molecule has 1 aromatic carbocycles. The van der Waals surface area contributed by atoms with E-state index in [-0.39, 0.29) is 12.5 Å². The second-order valence-electron chi connectivity index (χ2n) is 3.40. The van der Waals surface area contributed by atoms with E-state index in [1.165, 1.54) is 12.5 Å². The van der Waals surface area contributed by atoms with Gasteiger partial charge in [0.1, 0.15) is 5.75 Å². The van der Waals surface area contributed by atoms with Gasteiger partial charge in [-0.05, 0) is 12.1 Å². The van der Waals surface area contributed by atoms with Gasteiger partial charge >= 0.3 is 0 Å². The quantitative estimate of drug-likeness (QED) is 0.646. The zero-order chi connectivity index (χ0) is 14.6. The summed E-state index contributed by atoms with van der Waals surface area (Å²) >= 11 is 0. The number of ether oxygens (including phenoxy) is 1. The Labute approximate surface area is 117 Å². The highest BCUT2D eigenvalue weighted by Crippen LogP contribution is 2.07. The van der Waals surface area contributed by atoms with Crippen molar-refractivity contribution in [3.05, 3.63) is 48.5 Å². The van der Waals surface area contributed by atoms with Crippen LogP contribution in [0.1, 0.15) is 19.5 Å². The van der Waals surface area contributed by atoms with Crippen LogP contribution in [0.15, 0.2) is 48.0 Å². The zero-order valence-electron chi connectivity index (χ0n) is 11.5. The van der Waals surface area contributed by atoms with Gasteiger partial charge in [-0.2, -0.15) is 5.10 Å². The van der Waals surface area contributed by atoms with Crippen LogP contribution in [0.25, 0.3) is 0 Å². The van der Waals surface area contributed by atoms with Crippen LogP contribution in [-0.4, -0.2) is 28.7 Å². The molecule has 0 radical (unpaired) electrons. The summed E-state index contributed by atoms with van der Waals surface area (Å²) in [6, 6.07) is 9.11. The normalized spacial score (nSPS) is 9.70. The average Bonchev–Trinajstić information content (AvgIpc) is 3.02. The molecular weight excluding hydrogens is 256 g/mol. The van der Waals surface area contributed by atoms with E-state index in [9.17, 15) is 4.79 Å². The molecule has 0 atom stereocenters. The van der Waals surface area contributed by atoms with Crippen LogP contribution < -0.4 is 10.2 Å². The van der Waals surface area contributed by atoms with Gasteiger partial charge in [0, 0.05) is 0 Å². The zero-order valence-corrected chi connectivity index (χ0v) is 11.5. The first-order chi connectivity index (χ1) is 9.84. The number of hydrazone groups is 1. The molecule has 20 heavy (non-hydrogen) atoms. The van der Waals surface area contributed by atoms with Crippen LogP contribution in [0.2, 0.25) is 0 Å². The van der Waals surface area contributed by atoms with E-state index in [1.54, 1.807) is 18.3 Å². The van der Waals surface area contributed by atoms with Crippen LogP contribution in [0, 0.1) is 0 Å². The van der Waals surface area contributed by atoms with Gasteiger partial charge in [0.05, 0.1) is 24.4 Å². The first kappa shape index (κ1) is 15.4. The Balaban J connectivity index is 0.000000956. The lowest BCUT2D eigenvalue weighted by Crippen LogP contribution is -2.24. The number of aromatic amines is 1. The number of amides is 1. The molecule has 6 nitrogen and oxygen atoms in total. The second-order valence-corrected chi connectivity index (χ2v) is 3.40. The number of aromatic nitrogens is 2. The molecule has 1 aromatic heterocycles. The molecular formula is C14H18N4O2. The minimum Gasteiger partial charge on any atom is -0.484 e. The Kier molecular flexibility index (Phi) is 7.19. The minimum absolute atomic E-state index is 0.0790. The Morgan fingerprint density at radius 3 is 2.80 bits per heavy atom. The third-order valence-corrected chi connectivity index (χ3v) is 2.03. The molecule has 106 valence electrons. The molecule has 0 spiro atoms.